The molecule has 2 saturated heterocycles. The van der Waals surface area contributed by atoms with Crippen LogP contribution < -0.4 is 10.9 Å². The lowest BCUT2D eigenvalue weighted by Gasteiger charge is -2.30. The van der Waals surface area contributed by atoms with Crippen molar-refractivity contribution in [1.29, 1.82) is 0 Å². The quantitative estimate of drug-likeness (QED) is 0.581. The number of rotatable bonds is 0. The van der Waals surface area contributed by atoms with Crippen molar-refractivity contribution < 1.29 is 9.59 Å². The lowest BCUT2D eigenvalue weighted by molar-refractivity contribution is -0.128. The number of nitrogens with one attached hydrogen (secondary N) is 2. The molecule has 4 nitrogen and oxygen atoms in total. The second-order valence-electron chi connectivity index (χ2n) is 4.45. The smallest absolute Gasteiger partial charge is 0.265 e. The second kappa shape index (κ2) is 4.04. The summed E-state index contributed by atoms with van der Waals surface area (Å²) in [5.74, 6) is 0.440. The first kappa shape index (κ1) is 10.2. The van der Waals surface area contributed by atoms with E-state index in [2.05, 4.69) is 17.4 Å². The van der Waals surface area contributed by atoms with Crippen molar-refractivity contribution in [2.45, 2.75) is 32.1 Å². The standard InChI is InChI=1S/C11H16N2O2/c1-7-9-4-2-8(3-5-9)6-10(14)12-13-11(7)15/h8-9H,1-6H2,(H,12,14)(H,13,15). The summed E-state index contributed by atoms with van der Waals surface area (Å²) in [5, 5.41) is 0. The SMILES string of the molecule is C=C1C(=O)NNC(=O)CC2CCC1CC2. The Kier molecular flexibility index (Phi) is 2.75. The number of hydrogen-bond acceptors (Lipinski definition) is 2. The monoisotopic (exact) mass is 208 g/mol. The summed E-state index contributed by atoms with van der Waals surface area (Å²) in [4.78, 5) is 22.9. The predicted molar refractivity (Wildman–Crippen MR) is 55.5 cm³/mol. The number of carbonyl (C=O) groups excluding carboxylic acids is 2. The summed E-state index contributed by atoms with van der Waals surface area (Å²) in [7, 11) is 0. The van der Waals surface area contributed by atoms with Crippen LogP contribution in [0.2, 0.25) is 0 Å². The van der Waals surface area contributed by atoms with Crippen LogP contribution in [0.15, 0.2) is 12.2 Å². The fourth-order valence-corrected chi connectivity index (χ4v) is 2.42. The Morgan fingerprint density at radius 1 is 1.07 bits per heavy atom. The van der Waals surface area contributed by atoms with Gasteiger partial charge >= 0.3 is 0 Å². The Labute approximate surface area is 89.1 Å². The second-order valence-corrected chi connectivity index (χ2v) is 4.45. The van der Waals surface area contributed by atoms with Crippen LogP contribution in [0.5, 0.6) is 0 Å². The molecule has 2 bridgehead atoms. The fourth-order valence-electron chi connectivity index (χ4n) is 2.42. The Morgan fingerprint density at radius 3 is 2.40 bits per heavy atom. The van der Waals surface area contributed by atoms with Crippen LogP contribution in [-0.2, 0) is 9.59 Å². The van der Waals surface area contributed by atoms with Crippen molar-refractivity contribution in [3.05, 3.63) is 12.2 Å². The first-order valence-corrected chi connectivity index (χ1v) is 5.45. The van der Waals surface area contributed by atoms with E-state index in [4.69, 9.17) is 0 Å². The summed E-state index contributed by atoms with van der Waals surface area (Å²) in [6.45, 7) is 3.81. The molecule has 0 radical (unpaired) electrons. The molecule has 1 aliphatic carbocycles. The van der Waals surface area contributed by atoms with Crippen molar-refractivity contribution in [1.82, 2.24) is 10.9 Å². The highest BCUT2D eigenvalue weighted by atomic mass is 16.2. The van der Waals surface area contributed by atoms with E-state index in [1.807, 2.05) is 0 Å². The van der Waals surface area contributed by atoms with Crippen molar-refractivity contribution in [2.75, 3.05) is 0 Å². The molecule has 3 aliphatic rings. The van der Waals surface area contributed by atoms with E-state index >= 15 is 0 Å². The minimum atomic E-state index is -0.242. The maximum atomic E-state index is 11.5. The third kappa shape index (κ3) is 2.19. The zero-order valence-corrected chi connectivity index (χ0v) is 8.71. The lowest BCUT2D eigenvalue weighted by atomic mass is 9.77. The normalized spacial score (nSPS) is 32.1. The summed E-state index contributed by atoms with van der Waals surface area (Å²) < 4.78 is 0. The van der Waals surface area contributed by atoms with Crippen LogP contribution in [0.1, 0.15) is 32.1 Å². The maximum absolute atomic E-state index is 11.5. The molecule has 4 heteroatoms. The average Bonchev–Trinajstić information content (AvgIpc) is 2.25. The lowest BCUT2D eigenvalue weighted by Crippen LogP contribution is -2.45. The molecule has 3 fully saturated rings. The number of amides is 2. The highest BCUT2D eigenvalue weighted by Crippen LogP contribution is 2.34. The molecule has 2 heterocycles. The molecule has 15 heavy (non-hydrogen) atoms. The van der Waals surface area contributed by atoms with E-state index in [1.54, 1.807) is 0 Å². The van der Waals surface area contributed by atoms with Gasteiger partial charge in [0, 0.05) is 12.0 Å². The number of carbonyl (C=O) groups is 2. The molecule has 0 aromatic carbocycles. The van der Waals surface area contributed by atoms with Gasteiger partial charge in [0.1, 0.15) is 0 Å². The Bertz CT molecular complexity index is 304. The van der Waals surface area contributed by atoms with Crippen molar-refractivity contribution in [3.63, 3.8) is 0 Å². The van der Waals surface area contributed by atoms with Gasteiger partial charge in [-0.3, -0.25) is 20.4 Å². The summed E-state index contributed by atoms with van der Waals surface area (Å²) in [5.41, 5.74) is 5.42. The molecular formula is C11H16N2O2. The van der Waals surface area contributed by atoms with Crippen LogP contribution in [0.25, 0.3) is 0 Å². The van der Waals surface area contributed by atoms with E-state index in [0.717, 1.165) is 25.7 Å². The zero-order chi connectivity index (χ0) is 10.8. The van der Waals surface area contributed by atoms with Gasteiger partial charge in [0.25, 0.3) is 5.91 Å². The number of hydrazine groups is 1. The predicted octanol–water partition coefficient (Wildman–Crippen LogP) is 0.900. The molecule has 2 N–H and O–H groups in total. The number of hydrogen-bond donors (Lipinski definition) is 2. The van der Waals surface area contributed by atoms with Crippen LogP contribution in [-0.4, -0.2) is 11.8 Å². The van der Waals surface area contributed by atoms with Crippen molar-refractivity contribution in [2.24, 2.45) is 11.8 Å². The molecule has 82 valence electrons. The molecule has 2 aliphatic heterocycles. The van der Waals surface area contributed by atoms with Gasteiger partial charge < -0.3 is 0 Å². The highest BCUT2D eigenvalue weighted by Gasteiger charge is 2.28. The highest BCUT2D eigenvalue weighted by molar-refractivity contribution is 5.94. The van der Waals surface area contributed by atoms with Crippen LogP contribution in [0, 0.1) is 11.8 Å². The molecule has 1 saturated carbocycles. The Balaban J connectivity index is 2.13. The van der Waals surface area contributed by atoms with Gasteiger partial charge in [0.2, 0.25) is 5.91 Å². The average molecular weight is 208 g/mol. The molecule has 3 rings (SSSR count). The van der Waals surface area contributed by atoms with Crippen molar-refractivity contribution >= 4 is 11.8 Å². The molecular weight excluding hydrogens is 192 g/mol. The summed E-state index contributed by atoms with van der Waals surface area (Å²) >= 11 is 0. The maximum Gasteiger partial charge on any atom is 0.265 e. The van der Waals surface area contributed by atoms with Gasteiger partial charge in [-0.05, 0) is 37.5 Å². The van der Waals surface area contributed by atoms with E-state index in [9.17, 15) is 9.59 Å². The van der Waals surface area contributed by atoms with Gasteiger partial charge in [-0.15, -0.1) is 0 Å². The minimum Gasteiger partial charge on any atom is -0.273 e. The third-order valence-corrected chi connectivity index (χ3v) is 3.42. The summed E-state index contributed by atoms with van der Waals surface area (Å²) in [6, 6.07) is 0. The fraction of sp³-hybridized carbons (Fsp3) is 0.636. The minimum absolute atomic E-state index is 0.0958. The number of fused-ring (bicyclic) bond motifs is 7. The van der Waals surface area contributed by atoms with Crippen LogP contribution in [0.4, 0.5) is 0 Å². The van der Waals surface area contributed by atoms with Gasteiger partial charge in [-0.2, -0.15) is 0 Å². The van der Waals surface area contributed by atoms with Gasteiger partial charge in [0.15, 0.2) is 0 Å². The van der Waals surface area contributed by atoms with Crippen molar-refractivity contribution in [3.8, 4) is 0 Å². The van der Waals surface area contributed by atoms with E-state index < -0.39 is 0 Å². The largest absolute Gasteiger partial charge is 0.273 e. The van der Waals surface area contributed by atoms with Gasteiger partial charge in [-0.25, -0.2) is 0 Å². The van der Waals surface area contributed by atoms with E-state index in [-0.39, 0.29) is 11.8 Å². The van der Waals surface area contributed by atoms with Gasteiger partial charge in [-0.1, -0.05) is 6.58 Å². The molecule has 0 atom stereocenters. The van der Waals surface area contributed by atoms with Crippen LogP contribution >= 0.6 is 0 Å². The first-order chi connectivity index (χ1) is 7.16. The van der Waals surface area contributed by atoms with E-state index in [1.165, 1.54) is 0 Å². The third-order valence-electron chi connectivity index (χ3n) is 3.42. The summed E-state index contributed by atoms with van der Waals surface area (Å²) in [6.07, 6.45) is 4.57. The van der Waals surface area contributed by atoms with Gasteiger partial charge in [0.05, 0.1) is 0 Å². The Hall–Kier alpha value is -1.32. The molecule has 0 aromatic heterocycles. The molecule has 0 spiro atoms. The molecule has 0 aromatic rings. The Morgan fingerprint density at radius 2 is 1.73 bits per heavy atom. The van der Waals surface area contributed by atoms with Crippen LogP contribution in [0.3, 0.4) is 0 Å². The van der Waals surface area contributed by atoms with E-state index in [0.29, 0.717) is 23.8 Å². The molecule has 0 unspecified atom stereocenters. The zero-order valence-electron chi connectivity index (χ0n) is 8.71. The molecule has 2 amide bonds. The first-order valence-electron chi connectivity index (χ1n) is 5.45. The topological polar surface area (TPSA) is 58.2 Å².